The van der Waals surface area contributed by atoms with Crippen molar-refractivity contribution in [3.63, 3.8) is 0 Å². The van der Waals surface area contributed by atoms with Crippen LogP contribution in [0.1, 0.15) is 36.4 Å². The minimum absolute atomic E-state index is 0.0257. The number of nitriles is 1. The van der Waals surface area contributed by atoms with E-state index in [1.165, 1.54) is 0 Å². The molecule has 0 spiro atoms. The lowest BCUT2D eigenvalue weighted by molar-refractivity contribution is 0.413. The van der Waals surface area contributed by atoms with Gasteiger partial charge in [0, 0.05) is 37.4 Å². The van der Waals surface area contributed by atoms with Crippen molar-refractivity contribution in [3.8, 4) is 6.07 Å². The van der Waals surface area contributed by atoms with Gasteiger partial charge in [-0.2, -0.15) is 10.4 Å². The number of rotatable bonds is 5. The van der Waals surface area contributed by atoms with E-state index in [0.717, 1.165) is 49.3 Å². The molecule has 1 atom stereocenters. The summed E-state index contributed by atoms with van der Waals surface area (Å²) in [6.07, 6.45) is 6.50. The summed E-state index contributed by atoms with van der Waals surface area (Å²) in [4.78, 5) is 2.29. The molecule has 28 heavy (non-hydrogen) atoms. The fourth-order valence-electron chi connectivity index (χ4n) is 4.08. The van der Waals surface area contributed by atoms with Gasteiger partial charge in [0.05, 0.1) is 35.0 Å². The molecule has 0 amide bonds. The van der Waals surface area contributed by atoms with Crippen LogP contribution < -0.4 is 10.2 Å². The molecule has 2 aliphatic rings. The predicted octanol–water partition coefficient (Wildman–Crippen LogP) is 1.87. The van der Waals surface area contributed by atoms with E-state index in [-0.39, 0.29) is 17.5 Å². The minimum Gasteiger partial charge on any atom is -0.370 e. The highest BCUT2D eigenvalue weighted by molar-refractivity contribution is 7.91. The Bertz CT molecular complexity index is 970. The maximum absolute atomic E-state index is 11.6. The third-order valence-corrected chi connectivity index (χ3v) is 7.44. The first-order valence-corrected chi connectivity index (χ1v) is 11.6. The number of sulfone groups is 1. The first-order valence-electron chi connectivity index (χ1n) is 9.75. The second kappa shape index (κ2) is 7.94. The molecule has 8 heteroatoms. The highest BCUT2D eigenvalue weighted by Crippen LogP contribution is 2.25. The SMILES string of the molecule is N#Cc1ccccc1N1CCC(NCc2cnn(C3CCS(=O)(=O)C3)c2)CC1. The van der Waals surface area contributed by atoms with Gasteiger partial charge in [0.15, 0.2) is 9.84 Å². The molecule has 1 unspecified atom stereocenters. The Kier molecular flexibility index (Phi) is 5.38. The third kappa shape index (κ3) is 4.21. The summed E-state index contributed by atoms with van der Waals surface area (Å²) in [5, 5.41) is 17.3. The molecular formula is C20H25N5O2S. The average molecular weight is 400 g/mol. The van der Waals surface area contributed by atoms with Gasteiger partial charge in [-0.05, 0) is 31.4 Å². The number of anilines is 1. The largest absolute Gasteiger partial charge is 0.370 e. The molecule has 2 aliphatic heterocycles. The summed E-state index contributed by atoms with van der Waals surface area (Å²) in [7, 11) is -2.90. The van der Waals surface area contributed by atoms with Crippen LogP contribution in [0.5, 0.6) is 0 Å². The van der Waals surface area contributed by atoms with Crippen molar-refractivity contribution >= 4 is 15.5 Å². The molecule has 7 nitrogen and oxygen atoms in total. The highest BCUT2D eigenvalue weighted by Gasteiger charge is 2.29. The Morgan fingerprint density at radius 2 is 2.00 bits per heavy atom. The molecule has 0 bridgehead atoms. The van der Waals surface area contributed by atoms with E-state index >= 15 is 0 Å². The summed E-state index contributed by atoms with van der Waals surface area (Å²) in [5.41, 5.74) is 2.84. The van der Waals surface area contributed by atoms with Crippen LogP contribution in [0.3, 0.4) is 0 Å². The van der Waals surface area contributed by atoms with Crippen molar-refractivity contribution < 1.29 is 8.42 Å². The number of nitrogens with one attached hydrogen (secondary N) is 1. The van der Waals surface area contributed by atoms with Crippen LogP contribution in [0.4, 0.5) is 5.69 Å². The minimum atomic E-state index is -2.90. The Balaban J connectivity index is 1.28. The third-order valence-electron chi connectivity index (χ3n) is 5.69. The van der Waals surface area contributed by atoms with Crippen molar-refractivity contribution in [3.05, 3.63) is 47.8 Å². The summed E-state index contributed by atoms with van der Waals surface area (Å²) in [5.74, 6) is 0.461. The first-order chi connectivity index (χ1) is 13.5. The van der Waals surface area contributed by atoms with Crippen LogP contribution in [0, 0.1) is 11.3 Å². The van der Waals surface area contributed by atoms with Gasteiger partial charge in [-0.3, -0.25) is 4.68 Å². The molecule has 2 fully saturated rings. The molecule has 1 N–H and O–H groups in total. The summed E-state index contributed by atoms with van der Waals surface area (Å²) < 4.78 is 25.1. The predicted molar refractivity (Wildman–Crippen MR) is 108 cm³/mol. The lowest BCUT2D eigenvalue weighted by atomic mass is 10.0. The van der Waals surface area contributed by atoms with Crippen LogP contribution in [-0.4, -0.2) is 48.8 Å². The maximum Gasteiger partial charge on any atom is 0.152 e. The molecular weight excluding hydrogens is 374 g/mol. The van der Waals surface area contributed by atoms with Gasteiger partial charge < -0.3 is 10.2 Å². The topological polar surface area (TPSA) is 91.0 Å². The molecule has 4 rings (SSSR count). The van der Waals surface area contributed by atoms with Crippen molar-refractivity contribution in [2.24, 2.45) is 0 Å². The van der Waals surface area contributed by atoms with E-state index in [1.807, 2.05) is 41.3 Å². The molecule has 2 saturated heterocycles. The highest BCUT2D eigenvalue weighted by atomic mass is 32.2. The number of piperidine rings is 1. The zero-order chi connectivity index (χ0) is 19.6. The molecule has 0 radical (unpaired) electrons. The van der Waals surface area contributed by atoms with Crippen LogP contribution in [0.15, 0.2) is 36.7 Å². The lowest BCUT2D eigenvalue weighted by Crippen LogP contribution is -2.42. The molecule has 0 aliphatic carbocycles. The van der Waals surface area contributed by atoms with Gasteiger partial charge in [0.1, 0.15) is 6.07 Å². The maximum atomic E-state index is 11.6. The first kappa shape index (κ1) is 19.0. The second-order valence-corrected chi connectivity index (χ2v) is 9.89. The van der Waals surface area contributed by atoms with Crippen molar-refractivity contribution in [2.45, 2.75) is 37.9 Å². The molecule has 2 aromatic rings. The van der Waals surface area contributed by atoms with E-state index in [4.69, 9.17) is 0 Å². The number of hydrogen-bond donors (Lipinski definition) is 1. The van der Waals surface area contributed by atoms with Gasteiger partial charge in [0.25, 0.3) is 0 Å². The Morgan fingerprint density at radius 3 is 2.71 bits per heavy atom. The quantitative estimate of drug-likeness (QED) is 0.825. The summed E-state index contributed by atoms with van der Waals surface area (Å²) in [6, 6.07) is 10.4. The Labute approximate surface area is 165 Å². The van der Waals surface area contributed by atoms with E-state index < -0.39 is 9.84 Å². The standard InChI is InChI=1S/C20H25N5O2S/c21-11-17-3-1-2-4-20(17)24-8-5-18(6-9-24)22-12-16-13-23-25(14-16)19-7-10-28(26,27)15-19/h1-4,13-14,18-19,22H,5-10,12,15H2. The monoisotopic (exact) mass is 399 g/mol. The van der Waals surface area contributed by atoms with Crippen LogP contribution in [0.25, 0.3) is 0 Å². The summed E-state index contributed by atoms with van der Waals surface area (Å²) >= 11 is 0. The van der Waals surface area contributed by atoms with Gasteiger partial charge in [0.2, 0.25) is 0 Å². The van der Waals surface area contributed by atoms with Gasteiger partial charge in [-0.1, -0.05) is 12.1 Å². The van der Waals surface area contributed by atoms with Crippen LogP contribution in [-0.2, 0) is 16.4 Å². The van der Waals surface area contributed by atoms with Gasteiger partial charge in [-0.25, -0.2) is 8.42 Å². The second-order valence-electron chi connectivity index (χ2n) is 7.66. The molecule has 1 aromatic heterocycles. The van der Waals surface area contributed by atoms with Crippen molar-refractivity contribution in [1.82, 2.24) is 15.1 Å². The fraction of sp³-hybridized carbons (Fsp3) is 0.500. The molecule has 1 aromatic carbocycles. The number of benzene rings is 1. The number of aromatic nitrogens is 2. The molecule has 0 saturated carbocycles. The Hall–Kier alpha value is -2.37. The zero-order valence-corrected chi connectivity index (χ0v) is 16.6. The van der Waals surface area contributed by atoms with Crippen molar-refractivity contribution in [1.29, 1.82) is 5.26 Å². The lowest BCUT2D eigenvalue weighted by Gasteiger charge is -2.34. The summed E-state index contributed by atoms with van der Waals surface area (Å²) in [6.45, 7) is 2.59. The number of hydrogen-bond acceptors (Lipinski definition) is 6. The smallest absolute Gasteiger partial charge is 0.152 e. The Morgan fingerprint density at radius 1 is 1.21 bits per heavy atom. The van der Waals surface area contributed by atoms with E-state index in [1.54, 1.807) is 0 Å². The van der Waals surface area contributed by atoms with E-state index in [9.17, 15) is 13.7 Å². The number of nitrogens with zero attached hydrogens (tertiary/aromatic N) is 4. The van der Waals surface area contributed by atoms with Gasteiger partial charge in [-0.15, -0.1) is 0 Å². The molecule has 3 heterocycles. The number of para-hydroxylation sites is 1. The average Bonchev–Trinajstić information content (AvgIpc) is 3.33. The zero-order valence-electron chi connectivity index (χ0n) is 15.8. The van der Waals surface area contributed by atoms with E-state index in [2.05, 4.69) is 21.4 Å². The van der Waals surface area contributed by atoms with Crippen LogP contribution >= 0.6 is 0 Å². The van der Waals surface area contributed by atoms with Crippen molar-refractivity contribution in [2.75, 3.05) is 29.5 Å². The van der Waals surface area contributed by atoms with Crippen LogP contribution in [0.2, 0.25) is 0 Å². The fourth-order valence-corrected chi connectivity index (χ4v) is 5.79. The van der Waals surface area contributed by atoms with E-state index in [0.29, 0.717) is 12.5 Å². The van der Waals surface area contributed by atoms with Gasteiger partial charge >= 0.3 is 0 Å². The normalized spacial score (nSPS) is 22.2. The molecule has 148 valence electrons.